The highest BCUT2D eigenvalue weighted by molar-refractivity contribution is 7.91. The molecule has 252 valence electrons. The Kier molecular flexibility index (Phi) is 10.9. The molecule has 0 saturated heterocycles. The molecule has 1 aromatic carbocycles. The number of unbranched alkanes of at least 4 members (excludes halogenated alkanes) is 2. The highest BCUT2D eigenvalue weighted by atomic mass is 32.2. The van der Waals surface area contributed by atoms with Gasteiger partial charge in [0.1, 0.15) is 17.9 Å². The van der Waals surface area contributed by atoms with Crippen LogP contribution in [0.4, 0.5) is 10.5 Å². The van der Waals surface area contributed by atoms with E-state index in [4.69, 9.17) is 4.74 Å². The van der Waals surface area contributed by atoms with E-state index in [0.29, 0.717) is 30.4 Å². The summed E-state index contributed by atoms with van der Waals surface area (Å²) >= 11 is 0. The zero-order valence-corrected chi connectivity index (χ0v) is 27.7. The standard InChI is InChI=1S/C32H45N5O8S/c1-31(13-14-31)46(43,44)36-29(41)32(19-23(32)11-7-5-6-8-15-37(3)4)35-28(40)26-18-25(17-22(26)20-38)45-30(42)34-24-12-9-10-21(16-24)27(39)33-2/h7,9-12,16,20,22-23,25-26H,5-6,8,13-15,17-19H2,1-4H3,(H,33,39)(H,34,42)(H,35,40)(H,36,41)/b11-7-/t22-,23+,25-,26+,32+/m0/s1. The summed E-state index contributed by atoms with van der Waals surface area (Å²) in [7, 11) is 1.56. The lowest BCUT2D eigenvalue weighted by atomic mass is 9.96. The largest absolute Gasteiger partial charge is 0.446 e. The van der Waals surface area contributed by atoms with E-state index in [2.05, 4.69) is 25.6 Å². The smallest absolute Gasteiger partial charge is 0.411 e. The first-order chi connectivity index (χ1) is 21.7. The minimum atomic E-state index is -3.94. The van der Waals surface area contributed by atoms with E-state index >= 15 is 0 Å². The summed E-state index contributed by atoms with van der Waals surface area (Å²) in [5.74, 6) is -3.75. The van der Waals surface area contributed by atoms with Crippen molar-refractivity contribution in [2.75, 3.05) is 33.0 Å². The molecule has 4 amide bonds. The monoisotopic (exact) mass is 659 g/mol. The Bertz CT molecular complexity index is 1470. The first kappa shape index (κ1) is 35.1. The zero-order chi connectivity index (χ0) is 33.7. The molecule has 3 aliphatic rings. The van der Waals surface area contributed by atoms with Crippen LogP contribution in [0.5, 0.6) is 0 Å². The van der Waals surface area contributed by atoms with Gasteiger partial charge in [0.05, 0.1) is 10.7 Å². The van der Waals surface area contributed by atoms with Gasteiger partial charge in [-0.25, -0.2) is 13.2 Å². The Balaban J connectivity index is 1.40. The first-order valence-electron chi connectivity index (χ1n) is 15.7. The minimum absolute atomic E-state index is 0.0430. The second-order valence-corrected chi connectivity index (χ2v) is 15.3. The highest BCUT2D eigenvalue weighted by Gasteiger charge is 2.63. The summed E-state index contributed by atoms with van der Waals surface area (Å²) in [5.41, 5.74) is -0.790. The maximum Gasteiger partial charge on any atom is 0.411 e. The molecule has 14 heteroatoms. The molecule has 0 spiro atoms. The number of anilines is 1. The number of hydrogen-bond donors (Lipinski definition) is 4. The van der Waals surface area contributed by atoms with Crippen LogP contribution in [0.3, 0.4) is 0 Å². The van der Waals surface area contributed by atoms with Gasteiger partial charge < -0.3 is 25.1 Å². The molecule has 1 aromatic rings. The molecule has 4 rings (SSSR count). The fourth-order valence-corrected chi connectivity index (χ4v) is 7.09. The van der Waals surface area contributed by atoms with E-state index in [9.17, 15) is 32.4 Å². The van der Waals surface area contributed by atoms with Crippen molar-refractivity contribution in [1.29, 1.82) is 0 Å². The molecule has 3 saturated carbocycles. The number of ether oxygens (including phenoxy) is 1. The first-order valence-corrected chi connectivity index (χ1v) is 17.2. The quantitative estimate of drug-likeness (QED) is 0.125. The number of sulfonamides is 1. The lowest BCUT2D eigenvalue weighted by molar-refractivity contribution is -0.133. The third kappa shape index (κ3) is 8.32. The summed E-state index contributed by atoms with van der Waals surface area (Å²) in [6.07, 6.45) is 6.86. The number of carbonyl (C=O) groups is 5. The van der Waals surface area contributed by atoms with Crippen LogP contribution in [0.15, 0.2) is 36.4 Å². The Hall–Kier alpha value is -3.78. The summed E-state index contributed by atoms with van der Waals surface area (Å²) in [5, 5.41) is 7.86. The van der Waals surface area contributed by atoms with Crippen LogP contribution in [-0.4, -0.2) is 87.5 Å². The number of carbonyl (C=O) groups excluding carboxylic acids is 5. The molecule has 0 heterocycles. The van der Waals surface area contributed by atoms with Gasteiger partial charge in [0.2, 0.25) is 15.9 Å². The van der Waals surface area contributed by atoms with Crippen molar-refractivity contribution in [3.63, 3.8) is 0 Å². The van der Waals surface area contributed by atoms with Gasteiger partial charge in [0.15, 0.2) is 0 Å². The molecular formula is C32H45N5O8S. The molecule has 4 N–H and O–H groups in total. The maximum absolute atomic E-state index is 13.6. The van der Waals surface area contributed by atoms with E-state index in [0.717, 1.165) is 25.8 Å². The Morgan fingerprint density at radius 2 is 1.85 bits per heavy atom. The van der Waals surface area contributed by atoms with E-state index in [-0.39, 0.29) is 25.2 Å². The number of hydrogen-bond acceptors (Lipinski definition) is 9. The van der Waals surface area contributed by atoms with Gasteiger partial charge >= 0.3 is 6.09 Å². The number of amides is 4. The van der Waals surface area contributed by atoms with Crippen molar-refractivity contribution in [1.82, 2.24) is 20.3 Å². The Morgan fingerprint density at radius 1 is 1.11 bits per heavy atom. The van der Waals surface area contributed by atoms with Gasteiger partial charge in [0.25, 0.3) is 11.8 Å². The van der Waals surface area contributed by atoms with Crippen molar-refractivity contribution in [3.05, 3.63) is 42.0 Å². The van der Waals surface area contributed by atoms with E-state index in [1.54, 1.807) is 25.1 Å². The van der Waals surface area contributed by atoms with Crippen molar-refractivity contribution in [2.45, 2.75) is 74.7 Å². The minimum Gasteiger partial charge on any atom is -0.446 e. The van der Waals surface area contributed by atoms with Gasteiger partial charge in [-0.15, -0.1) is 0 Å². The molecule has 13 nitrogen and oxygen atoms in total. The average molecular weight is 660 g/mol. The molecule has 0 aromatic heterocycles. The van der Waals surface area contributed by atoms with Crippen molar-refractivity contribution in [2.24, 2.45) is 17.8 Å². The fourth-order valence-electron chi connectivity index (χ4n) is 5.78. The summed E-state index contributed by atoms with van der Waals surface area (Å²) in [6.45, 7) is 2.53. The topological polar surface area (TPSA) is 180 Å². The summed E-state index contributed by atoms with van der Waals surface area (Å²) < 4.78 is 32.5. The third-order valence-electron chi connectivity index (χ3n) is 9.14. The van der Waals surface area contributed by atoms with Gasteiger partial charge in [0, 0.05) is 30.1 Å². The number of allylic oxidation sites excluding steroid dienone is 1. The van der Waals surface area contributed by atoms with Crippen LogP contribution in [-0.2, 0) is 29.1 Å². The van der Waals surface area contributed by atoms with Gasteiger partial charge in [-0.2, -0.15) is 0 Å². The Labute approximate surface area is 270 Å². The van der Waals surface area contributed by atoms with E-state index in [1.165, 1.54) is 13.1 Å². The molecule has 3 fully saturated rings. The van der Waals surface area contributed by atoms with Crippen LogP contribution in [0.1, 0.15) is 68.6 Å². The summed E-state index contributed by atoms with van der Waals surface area (Å²) in [4.78, 5) is 65.7. The molecule has 0 radical (unpaired) electrons. The average Bonchev–Trinajstić information content (AvgIpc) is 3.88. The van der Waals surface area contributed by atoms with E-state index < -0.39 is 62.1 Å². The maximum atomic E-state index is 13.6. The van der Waals surface area contributed by atoms with E-state index in [1.807, 2.05) is 26.2 Å². The molecule has 0 unspecified atom stereocenters. The van der Waals surface area contributed by atoms with Crippen molar-refractivity contribution < 1.29 is 37.1 Å². The Morgan fingerprint density at radius 3 is 2.50 bits per heavy atom. The van der Waals surface area contributed by atoms with Gasteiger partial charge in [-0.1, -0.05) is 18.2 Å². The number of rotatable bonds is 15. The van der Waals surface area contributed by atoms with Crippen molar-refractivity contribution in [3.8, 4) is 0 Å². The lowest BCUT2D eigenvalue weighted by Crippen LogP contribution is -2.54. The molecule has 5 atom stereocenters. The predicted octanol–water partition coefficient (Wildman–Crippen LogP) is 2.35. The fraction of sp³-hybridized carbons (Fsp3) is 0.594. The van der Waals surface area contributed by atoms with Crippen LogP contribution in [0.25, 0.3) is 0 Å². The van der Waals surface area contributed by atoms with Gasteiger partial charge in [-0.05, 0) is 97.1 Å². The van der Waals surface area contributed by atoms with Crippen LogP contribution in [0.2, 0.25) is 0 Å². The normalized spacial score (nSPS) is 26.3. The highest BCUT2D eigenvalue weighted by Crippen LogP contribution is 2.48. The molecular weight excluding hydrogens is 614 g/mol. The number of aldehydes is 1. The van der Waals surface area contributed by atoms with Crippen LogP contribution in [0, 0.1) is 17.8 Å². The van der Waals surface area contributed by atoms with Crippen molar-refractivity contribution >= 4 is 45.8 Å². The third-order valence-corrected chi connectivity index (χ3v) is 11.3. The molecule has 3 aliphatic carbocycles. The predicted molar refractivity (Wildman–Crippen MR) is 171 cm³/mol. The molecule has 0 aliphatic heterocycles. The molecule has 0 bridgehead atoms. The van der Waals surface area contributed by atoms with Crippen LogP contribution >= 0.6 is 0 Å². The van der Waals surface area contributed by atoms with Gasteiger partial charge in [-0.3, -0.25) is 24.4 Å². The second kappa shape index (κ2) is 14.3. The SMILES string of the molecule is CNC(=O)c1cccc(NC(=O)O[C@H]2C[C@@H](C=O)[C@H](C(=O)N[C@]3(C(=O)NS(=O)(=O)C4(C)CC4)C[C@H]3/C=C\CCCCN(C)C)C2)c1. The summed E-state index contributed by atoms with van der Waals surface area (Å²) in [6, 6.07) is 6.26. The van der Waals surface area contributed by atoms with Crippen LogP contribution < -0.4 is 20.7 Å². The lowest BCUT2D eigenvalue weighted by Gasteiger charge is -2.23. The number of nitrogens with zero attached hydrogens (tertiary/aromatic N) is 1. The second-order valence-electron chi connectivity index (χ2n) is 13.1. The number of benzene rings is 1. The zero-order valence-electron chi connectivity index (χ0n) is 26.8. The molecule has 46 heavy (non-hydrogen) atoms. The number of nitrogens with one attached hydrogen (secondary N) is 4.